The van der Waals surface area contributed by atoms with Gasteiger partial charge in [0.05, 0.1) is 17.0 Å². The lowest BCUT2D eigenvalue weighted by molar-refractivity contribution is 0.0322. The molecule has 0 bridgehead atoms. The lowest BCUT2D eigenvalue weighted by atomic mass is 9.98. The van der Waals surface area contributed by atoms with Crippen molar-refractivity contribution in [2.24, 2.45) is 0 Å². The van der Waals surface area contributed by atoms with Crippen LogP contribution in [0.5, 0.6) is 0 Å². The van der Waals surface area contributed by atoms with Crippen molar-refractivity contribution in [3.63, 3.8) is 0 Å². The summed E-state index contributed by atoms with van der Waals surface area (Å²) in [6.07, 6.45) is 3.59. The Kier molecular flexibility index (Phi) is 4.04. The molecular weight excluding hydrogens is 246 g/mol. The molecule has 2 N–H and O–H groups in total. The number of thiazole rings is 1. The SMILES string of the molecule is CCC(O)(CC)CNCc1c(C)nc2sccn12. The second-order valence-corrected chi connectivity index (χ2v) is 5.61. The van der Waals surface area contributed by atoms with Crippen molar-refractivity contribution < 1.29 is 5.11 Å². The molecule has 0 aliphatic rings. The molecule has 100 valence electrons. The predicted octanol–water partition coefficient (Wildman–Crippen LogP) is 2.34. The molecule has 0 fully saturated rings. The standard InChI is InChI=1S/C13H21N3OS/c1-4-13(17,5-2)9-14-8-11-10(3)15-12-16(11)6-7-18-12/h6-7,14,17H,4-5,8-9H2,1-3H3. The number of hydrogen-bond acceptors (Lipinski definition) is 4. The molecule has 5 heteroatoms. The van der Waals surface area contributed by atoms with Gasteiger partial charge >= 0.3 is 0 Å². The summed E-state index contributed by atoms with van der Waals surface area (Å²) >= 11 is 1.65. The highest BCUT2D eigenvalue weighted by Crippen LogP contribution is 2.17. The first-order chi connectivity index (χ1) is 8.59. The minimum Gasteiger partial charge on any atom is -0.389 e. The van der Waals surface area contributed by atoms with Crippen LogP contribution in [0.3, 0.4) is 0 Å². The lowest BCUT2D eigenvalue weighted by Gasteiger charge is -2.25. The number of aromatic nitrogens is 2. The molecule has 2 heterocycles. The smallest absolute Gasteiger partial charge is 0.194 e. The van der Waals surface area contributed by atoms with E-state index in [4.69, 9.17) is 0 Å². The summed E-state index contributed by atoms with van der Waals surface area (Å²) in [4.78, 5) is 5.54. The first-order valence-corrected chi connectivity index (χ1v) is 7.31. The van der Waals surface area contributed by atoms with Gasteiger partial charge in [0, 0.05) is 24.7 Å². The Morgan fingerprint density at radius 1 is 1.44 bits per heavy atom. The van der Waals surface area contributed by atoms with Gasteiger partial charge in [0.15, 0.2) is 4.96 Å². The second kappa shape index (κ2) is 5.38. The van der Waals surface area contributed by atoms with Gasteiger partial charge < -0.3 is 10.4 Å². The molecule has 0 aliphatic carbocycles. The fourth-order valence-corrected chi connectivity index (χ4v) is 2.85. The molecule has 2 aromatic rings. The van der Waals surface area contributed by atoms with Crippen LogP contribution in [0.4, 0.5) is 0 Å². The Bertz CT molecular complexity index is 513. The lowest BCUT2D eigenvalue weighted by Crippen LogP contribution is -2.39. The average molecular weight is 267 g/mol. The molecule has 0 aliphatic heterocycles. The maximum absolute atomic E-state index is 10.2. The molecule has 0 aromatic carbocycles. The van der Waals surface area contributed by atoms with Crippen molar-refractivity contribution in [1.29, 1.82) is 0 Å². The second-order valence-electron chi connectivity index (χ2n) is 4.73. The van der Waals surface area contributed by atoms with Gasteiger partial charge in [0.1, 0.15) is 0 Å². The number of nitrogens with one attached hydrogen (secondary N) is 1. The number of fused-ring (bicyclic) bond motifs is 1. The number of aliphatic hydroxyl groups is 1. The fraction of sp³-hybridized carbons (Fsp3) is 0.615. The van der Waals surface area contributed by atoms with Gasteiger partial charge in [0.2, 0.25) is 0 Å². The van der Waals surface area contributed by atoms with Crippen molar-refractivity contribution in [2.45, 2.75) is 45.8 Å². The molecule has 2 aromatic heterocycles. The van der Waals surface area contributed by atoms with Crippen LogP contribution >= 0.6 is 11.3 Å². The molecule has 0 saturated heterocycles. The van der Waals surface area contributed by atoms with Gasteiger partial charge in [-0.15, -0.1) is 11.3 Å². The summed E-state index contributed by atoms with van der Waals surface area (Å²) in [5.41, 5.74) is 1.65. The summed E-state index contributed by atoms with van der Waals surface area (Å²) < 4.78 is 2.12. The van der Waals surface area contributed by atoms with Crippen LogP contribution in [0.25, 0.3) is 4.96 Å². The summed E-state index contributed by atoms with van der Waals surface area (Å²) in [6, 6.07) is 0. The van der Waals surface area contributed by atoms with Crippen molar-refractivity contribution in [3.05, 3.63) is 23.0 Å². The minimum atomic E-state index is -0.591. The average Bonchev–Trinajstić information content (AvgIpc) is 2.92. The Morgan fingerprint density at radius 3 is 2.83 bits per heavy atom. The van der Waals surface area contributed by atoms with E-state index in [9.17, 15) is 5.11 Å². The topological polar surface area (TPSA) is 49.6 Å². The summed E-state index contributed by atoms with van der Waals surface area (Å²) in [6.45, 7) is 7.43. The molecule has 0 saturated carbocycles. The zero-order valence-electron chi connectivity index (χ0n) is 11.2. The minimum absolute atomic E-state index is 0.591. The molecule has 0 amide bonds. The van der Waals surface area contributed by atoms with Gasteiger partial charge in [-0.25, -0.2) is 4.98 Å². The highest BCUT2D eigenvalue weighted by Gasteiger charge is 2.21. The van der Waals surface area contributed by atoms with Crippen LogP contribution in [0.2, 0.25) is 0 Å². The van der Waals surface area contributed by atoms with Gasteiger partial charge in [0.25, 0.3) is 0 Å². The summed E-state index contributed by atoms with van der Waals surface area (Å²) in [5.74, 6) is 0. The Hall–Kier alpha value is -0.910. The van der Waals surface area contributed by atoms with E-state index in [0.29, 0.717) is 6.54 Å². The van der Waals surface area contributed by atoms with Crippen molar-refractivity contribution in [1.82, 2.24) is 14.7 Å². The number of aryl methyl sites for hydroxylation is 1. The number of nitrogens with zero attached hydrogens (tertiary/aromatic N) is 2. The highest BCUT2D eigenvalue weighted by molar-refractivity contribution is 7.15. The summed E-state index contributed by atoms with van der Waals surface area (Å²) in [5, 5.41) is 15.6. The molecule has 18 heavy (non-hydrogen) atoms. The van der Waals surface area contributed by atoms with Gasteiger partial charge in [-0.3, -0.25) is 4.40 Å². The van der Waals surface area contributed by atoms with Crippen molar-refractivity contribution in [3.8, 4) is 0 Å². The van der Waals surface area contributed by atoms with Crippen LogP contribution in [-0.2, 0) is 6.54 Å². The number of rotatable bonds is 6. The maximum atomic E-state index is 10.2. The molecule has 0 radical (unpaired) electrons. The Labute approximate surface area is 112 Å². The maximum Gasteiger partial charge on any atom is 0.194 e. The van der Waals surface area contributed by atoms with Crippen molar-refractivity contribution in [2.75, 3.05) is 6.54 Å². The third-order valence-electron chi connectivity index (χ3n) is 3.62. The van der Waals surface area contributed by atoms with Gasteiger partial charge in [-0.1, -0.05) is 13.8 Å². The van der Waals surface area contributed by atoms with E-state index in [1.807, 2.05) is 32.3 Å². The van der Waals surface area contributed by atoms with E-state index in [1.54, 1.807) is 11.3 Å². The monoisotopic (exact) mass is 267 g/mol. The third-order valence-corrected chi connectivity index (χ3v) is 4.38. The van der Waals surface area contributed by atoms with Crippen LogP contribution in [0.1, 0.15) is 38.1 Å². The number of imidazole rings is 1. The van der Waals surface area contributed by atoms with Crippen LogP contribution < -0.4 is 5.32 Å². The molecule has 4 nitrogen and oxygen atoms in total. The zero-order chi connectivity index (χ0) is 13.2. The van der Waals surface area contributed by atoms with E-state index in [2.05, 4.69) is 14.7 Å². The third kappa shape index (κ3) is 2.58. The van der Waals surface area contributed by atoms with Crippen LogP contribution in [0, 0.1) is 6.92 Å². The van der Waals surface area contributed by atoms with E-state index in [1.165, 1.54) is 5.69 Å². The van der Waals surface area contributed by atoms with Crippen LogP contribution in [-0.4, -0.2) is 26.6 Å². The largest absolute Gasteiger partial charge is 0.389 e. The predicted molar refractivity (Wildman–Crippen MR) is 75.0 cm³/mol. The molecule has 0 unspecified atom stereocenters. The first-order valence-electron chi connectivity index (χ1n) is 6.43. The van der Waals surface area contributed by atoms with E-state index >= 15 is 0 Å². The normalized spacial score (nSPS) is 12.4. The summed E-state index contributed by atoms with van der Waals surface area (Å²) in [7, 11) is 0. The molecule has 0 atom stereocenters. The zero-order valence-corrected chi connectivity index (χ0v) is 12.0. The molecule has 2 rings (SSSR count). The Balaban J connectivity index is 2.02. The molecule has 0 spiro atoms. The van der Waals surface area contributed by atoms with E-state index in [0.717, 1.165) is 30.0 Å². The highest BCUT2D eigenvalue weighted by atomic mass is 32.1. The quantitative estimate of drug-likeness (QED) is 0.844. The molecular formula is C13H21N3OS. The van der Waals surface area contributed by atoms with Crippen LogP contribution in [0.15, 0.2) is 11.6 Å². The first kappa shape index (κ1) is 13.5. The van der Waals surface area contributed by atoms with Gasteiger partial charge in [-0.2, -0.15) is 0 Å². The van der Waals surface area contributed by atoms with Crippen molar-refractivity contribution >= 4 is 16.3 Å². The van der Waals surface area contributed by atoms with E-state index < -0.39 is 5.60 Å². The number of hydrogen-bond donors (Lipinski definition) is 2. The van der Waals surface area contributed by atoms with Gasteiger partial charge in [-0.05, 0) is 19.8 Å². The Morgan fingerprint density at radius 2 is 2.17 bits per heavy atom. The van der Waals surface area contributed by atoms with E-state index in [-0.39, 0.29) is 0 Å². The fourth-order valence-electron chi connectivity index (χ4n) is 2.07.